The van der Waals surface area contributed by atoms with Crippen molar-refractivity contribution in [3.63, 3.8) is 0 Å². The molecule has 1 radical (unpaired) electrons. The van der Waals surface area contributed by atoms with Gasteiger partial charge in [-0.3, -0.25) is 0 Å². The maximum atomic E-state index is 3.63. The summed E-state index contributed by atoms with van der Waals surface area (Å²) in [5, 5.41) is 0. The smallest absolute Gasteiger partial charge is 0.00883 e. The van der Waals surface area contributed by atoms with Crippen LogP contribution in [-0.2, 0) is 0 Å². The zero-order chi connectivity index (χ0) is 11.5. The van der Waals surface area contributed by atoms with Crippen LogP contribution in [0.15, 0.2) is 52.7 Å². The van der Waals surface area contributed by atoms with Crippen LogP contribution in [0.2, 0.25) is 0 Å². The molecule has 0 bridgehead atoms. The first-order valence-electron chi connectivity index (χ1n) is 6.82. The summed E-state index contributed by atoms with van der Waals surface area (Å²) in [5.74, 6) is 0. The van der Waals surface area contributed by atoms with Gasteiger partial charge in [-0.1, -0.05) is 30.4 Å². The maximum absolute atomic E-state index is 3.63. The second kappa shape index (κ2) is 4.91. The summed E-state index contributed by atoms with van der Waals surface area (Å²) in [6.45, 7) is 0. The SMILES string of the molecule is [C]1=C(C2=CCCCC2)C(C2=CC=CC2)=CCC1. The molecule has 17 heavy (non-hydrogen) atoms. The van der Waals surface area contributed by atoms with Crippen LogP contribution in [0.1, 0.15) is 44.9 Å². The van der Waals surface area contributed by atoms with Crippen LogP contribution in [0.3, 0.4) is 0 Å². The first-order valence-corrected chi connectivity index (χ1v) is 6.82. The Bertz CT molecular complexity index is 452. The van der Waals surface area contributed by atoms with Crippen LogP contribution >= 0.6 is 0 Å². The molecule has 0 saturated carbocycles. The Hall–Kier alpha value is -1.30. The van der Waals surface area contributed by atoms with Gasteiger partial charge < -0.3 is 0 Å². The minimum atomic E-state index is 1.09. The lowest BCUT2D eigenvalue weighted by atomic mass is 9.83. The van der Waals surface area contributed by atoms with Gasteiger partial charge >= 0.3 is 0 Å². The summed E-state index contributed by atoms with van der Waals surface area (Å²) in [5.41, 5.74) is 5.92. The lowest BCUT2D eigenvalue weighted by Gasteiger charge is -2.22. The van der Waals surface area contributed by atoms with E-state index in [1.807, 2.05) is 0 Å². The van der Waals surface area contributed by atoms with Crippen molar-refractivity contribution in [2.45, 2.75) is 44.9 Å². The predicted octanol–water partition coefficient (Wildman–Crippen LogP) is 4.82. The van der Waals surface area contributed by atoms with E-state index in [2.05, 4.69) is 36.5 Å². The van der Waals surface area contributed by atoms with Crippen LogP contribution in [0.4, 0.5) is 0 Å². The van der Waals surface area contributed by atoms with Crippen molar-refractivity contribution in [1.82, 2.24) is 0 Å². The Kier molecular flexibility index (Phi) is 3.13. The Morgan fingerprint density at radius 2 is 2.00 bits per heavy atom. The molecule has 0 amide bonds. The largest absolute Gasteiger partial charge is 0.0807 e. The highest BCUT2D eigenvalue weighted by Crippen LogP contribution is 2.36. The Balaban J connectivity index is 1.89. The van der Waals surface area contributed by atoms with E-state index in [0.29, 0.717) is 0 Å². The molecule has 0 atom stereocenters. The summed E-state index contributed by atoms with van der Waals surface area (Å²) in [7, 11) is 0. The van der Waals surface area contributed by atoms with E-state index in [-0.39, 0.29) is 0 Å². The van der Waals surface area contributed by atoms with Gasteiger partial charge in [0.25, 0.3) is 0 Å². The fraction of sp³-hybridized carbons (Fsp3) is 0.412. The van der Waals surface area contributed by atoms with Crippen LogP contribution < -0.4 is 0 Å². The first kappa shape index (κ1) is 10.8. The molecule has 3 aliphatic carbocycles. The Morgan fingerprint density at radius 3 is 2.76 bits per heavy atom. The van der Waals surface area contributed by atoms with Crippen molar-refractivity contribution >= 4 is 0 Å². The quantitative estimate of drug-likeness (QED) is 0.629. The van der Waals surface area contributed by atoms with Crippen molar-refractivity contribution < 1.29 is 0 Å². The zero-order valence-corrected chi connectivity index (χ0v) is 10.3. The van der Waals surface area contributed by atoms with Gasteiger partial charge in [-0.25, -0.2) is 0 Å². The average molecular weight is 223 g/mol. The van der Waals surface area contributed by atoms with Gasteiger partial charge in [-0.15, -0.1) is 0 Å². The molecule has 0 aromatic carbocycles. The average Bonchev–Trinajstić information content (AvgIpc) is 2.94. The Morgan fingerprint density at radius 1 is 1.00 bits per heavy atom. The first-order chi connectivity index (χ1) is 8.45. The van der Waals surface area contributed by atoms with Crippen molar-refractivity contribution in [2.24, 2.45) is 0 Å². The summed E-state index contributed by atoms with van der Waals surface area (Å²) in [6.07, 6.45) is 23.7. The second-order valence-electron chi connectivity index (χ2n) is 5.01. The summed E-state index contributed by atoms with van der Waals surface area (Å²) < 4.78 is 0. The molecule has 0 fully saturated rings. The van der Waals surface area contributed by atoms with Crippen LogP contribution in [0, 0.1) is 6.08 Å². The van der Waals surface area contributed by atoms with Gasteiger partial charge in [0.15, 0.2) is 0 Å². The van der Waals surface area contributed by atoms with E-state index in [9.17, 15) is 0 Å². The molecule has 0 unspecified atom stereocenters. The van der Waals surface area contributed by atoms with Gasteiger partial charge in [0, 0.05) is 0 Å². The molecule has 3 aliphatic rings. The van der Waals surface area contributed by atoms with Crippen LogP contribution in [-0.4, -0.2) is 0 Å². The molecule has 0 nitrogen and oxygen atoms in total. The van der Waals surface area contributed by atoms with E-state index in [1.165, 1.54) is 42.4 Å². The highest BCUT2D eigenvalue weighted by Gasteiger charge is 2.18. The summed E-state index contributed by atoms with van der Waals surface area (Å²) >= 11 is 0. The highest BCUT2D eigenvalue weighted by molar-refractivity contribution is 5.58. The molecular formula is C17H19. The van der Waals surface area contributed by atoms with Crippen molar-refractivity contribution in [2.75, 3.05) is 0 Å². The normalized spacial score (nSPS) is 24.0. The van der Waals surface area contributed by atoms with Crippen molar-refractivity contribution in [3.8, 4) is 0 Å². The molecule has 0 N–H and O–H groups in total. The topological polar surface area (TPSA) is 0 Å². The number of allylic oxidation sites excluding steroid dienone is 10. The molecule has 0 aromatic heterocycles. The van der Waals surface area contributed by atoms with E-state index >= 15 is 0 Å². The molecule has 0 spiro atoms. The van der Waals surface area contributed by atoms with Gasteiger partial charge in [-0.2, -0.15) is 0 Å². The van der Waals surface area contributed by atoms with Crippen LogP contribution in [0.5, 0.6) is 0 Å². The third-order valence-electron chi connectivity index (χ3n) is 3.79. The van der Waals surface area contributed by atoms with E-state index < -0.39 is 0 Å². The highest BCUT2D eigenvalue weighted by atomic mass is 14.2. The van der Waals surface area contributed by atoms with Gasteiger partial charge in [0.05, 0.1) is 0 Å². The molecule has 0 heterocycles. The standard InChI is InChI=1S/C17H19/c1-2-8-14(9-3-1)16-12-6-7-13-17(16)15-10-4-5-11-15/h4-5,8,10,13H,1-3,6-7,9,11H2. The lowest BCUT2D eigenvalue weighted by molar-refractivity contribution is 0.704. The molecule has 3 rings (SSSR count). The predicted molar refractivity (Wildman–Crippen MR) is 72.5 cm³/mol. The maximum Gasteiger partial charge on any atom is -0.00883 e. The van der Waals surface area contributed by atoms with Gasteiger partial charge in [0.2, 0.25) is 0 Å². The van der Waals surface area contributed by atoms with Gasteiger partial charge in [0.1, 0.15) is 0 Å². The third kappa shape index (κ3) is 2.22. The minimum Gasteiger partial charge on any atom is -0.0807 e. The minimum absolute atomic E-state index is 1.09. The van der Waals surface area contributed by atoms with Crippen LogP contribution in [0.25, 0.3) is 0 Å². The fourth-order valence-electron chi connectivity index (χ4n) is 2.90. The summed E-state index contributed by atoms with van der Waals surface area (Å²) in [6, 6.07) is 0. The molecule has 0 saturated heterocycles. The fourth-order valence-corrected chi connectivity index (χ4v) is 2.90. The zero-order valence-electron chi connectivity index (χ0n) is 10.3. The van der Waals surface area contributed by atoms with E-state index in [4.69, 9.17) is 0 Å². The lowest BCUT2D eigenvalue weighted by Crippen LogP contribution is -2.04. The van der Waals surface area contributed by atoms with E-state index in [0.717, 1.165) is 19.3 Å². The molecular weight excluding hydrogens is 204 g/mol. The third-order valence-corrected chi connectivity index (χ3v) is 3.79. The number of rotatable bonds is 2. The second-order valence-corrected chi connectivity index (χ2v) is 5.01. The monoisotopic (exact) mass is 223 g/mol. The molecule has 0 heteroatoms. The van der Waals surface area contributed by atoms with Crippen molar-refractivity contribution in [3.05, 3.63) is 58.7 Å². The van der Waals surface area contributed by atoms with Crippen molar-refractivity contribution in [1.29, 1.82) is 0 Å². The molecule has 87 valence electrons. The molecule has 0 aliphatic heterocycles. The summed E-state index contributed by atoms with van der Waals surface area (Å²) in [4.78, 5) is 0. The Labute approximate surface area is 104 Å². The van der Waals surface area contributed by atoms with E-state index in [1.54, 1.807) is 5.57 Å². The molecule has 0 aromatic rings. The van der Waals surface area contributed by atoms with Gasteiger partial charge in [-0.05, 0) is 73.3 Å². The number of hydrogen-bond donors (Lipinski definition) is 0. The number of hydrogen-bond acceptors (Lipinski definition) is 0.